The zero-order valence-corrected chi connectivity index (χ0v) is 14.2. The van der Waals surface area contributed by atoms with Crippen molar-refractivity contribution >= 4 is 10.0 Å². The molecule has 0 atom stereocenters. The van der Waals surface area contributed by atoms with E-state index >= 15 is 0 Å². The van der Waals surface area contributed by atoms with Gasteiger partial charge in [0.2, 0.25) is 10.0 Å². The minimum Gasteiger partial charge on any atom is -0.493 e. The summed E-state index contributed by atoms with van der Waals surface area (Å²) in [6.07, 6.45) is 0. The van der Waals surface area contributed by atoms with Crippen LogP contribution in [0.5, 0.6) is 11.5 Å². The summed E-state index contributed by atoms with van der Waals surface area (Å²) in [6, 6.07) is 4.40. The lowest BCUT2D eigenvalue weighted by atomic mass is 10.3. The third-order valence-corrected chi connectivity index (χ3v) is 4.53. The molecule has 0 radical (unpaired) electrons. The predicted octanol–water partition coefficient (Wildman–Crippen LogP) is 0.750. The third-order valence-electron chi connectivity index (χ3n) is 3.14. The number of aromatic nitrogens is 4. The molecule has 0 fully saturated rings. The van der Waals surface area contributed by atoms with Crippen molar-refractivity contribution in [1.29, 1.82) is 0 Å². The molecule has 1 N–H and O–H groups in total. The van der Waals surface area contributed by atoms with Crippen LogP contribution in [0.15, 0.2) is 23.1 Å². The van der Waals surface area contributed by atoms with Crippen molar-refractivity contribution in [2.24, 2.45) is 0 Å². The van der Waals surface area contributed by atoms with Gasteiger partial charge in [0.1, 0.15) is 0 Å². The molecule has 0 aliphatic rings. The van der Waals surface area contributed by atoms with Gasteiger partial charge in [0.05, 0.1) is 31.7 Å². The molecule has 0 saturated heterocycles. The average molecular weight is 341 g/mol. The highest BCUT2D eigenvalue weighted by Crippen LogP contribution is 2.29. The van der Waals surface area contributed by atoms with Gasteiger partial charge in [-0.3, -0.25) is 0 Å². The van der Waals surface area contributed by atoms with E-state index in [1.807, 2.05) is 13.8 Å². The fourth-order valence-corrected chi connectivity index (χ4v) is 2.95. The van der Waals surface area contributed by atoms with Gasteiger partial charge in [-0.05, 0) is 36.4 Å². The fraction of sp³-hybridized carbons (Fsp3) is 0.462. The van der Waals surface area contributed by atoms with Gasteiger partial charge in [-0.2, -0.15) is 0 Å². The van der Waals surface area contributed by atoms with Crippen molar-refractivity contribution in [2.45, 2.75) is 31.3 Å². The normalized spacial score (nSPS) is 11.7. The molecular weight excluding hydrogens is 322 g/mol. The molecule has 0 unspecified atom stereocenters. The molecule has 0 aliphatic heterocycles. The summed E-state index contributed by atoms with van der Waals surface area (Å²) in [5, 5.41) is 11.2. The van der Waals surface area contributed by atoms with Gasteiger partial charge in [-0.1, -0.05) is 0 Å². The number of hydrogen-bond donors (Lipinski definition) is 1. The second-order valence-electron chi connectivity index (χ2n) is 4.97. The van der Waals surface area contributed by atoms with Crippen LogP contribution in [0.3, 0.4) is 0 Å². The minimum absolute atomic E-state index is 0.0120. The molecule has 0 saturated carbocycles. The highest BCUT2D eigenvalue weighted by atomic mass is 32.2. The summed E-state index contributed by atoms with van der Waals surface area (Å²) < 4.78 is 39.0. The van der Waals surface area contributed by atoms with Crippen molar-refractivity contribution in [1.82, 2.24) is 24.9 Å². The van der Waals surface area contributed by atoms with Crippen LogP contribution >= 0.6 is 0 Å². The maximum absolute atomic E-state index is 12.4. The summed E-state index contributed by atoms with van der Waals surface area (Å²) in [5.74, 6) is 1.22. The van der Waals surface area contributed by atoms with Crippen LogP contribution in [0, 0.1) is 0 Å². The molecule has 1 aromatic carbocycles. The Morgan fingerprint density at radius 1 is 1.22 bits per heavy atom. The second kappa shape index (κ2) is 6.92. The maximum atomic E-state index is 12.4. The molecular formula is C13H19N5O4S. The van der Waals surface area contributed by atoms with Crippen LogP contribution in [0.25, 0.3) is 0 Å². The lowest BCUT2D eigenvalue weighted by Gasteiger charge is -2.11. The first-order chi connectivity index (χ1) is 10.9. The Morgan fingerprint density at radius 2 is 1.91 bits per heavy atom. The average Bonchev–Trinajstić information content (AvgIpc) is 3.01. The van der Waals surface area contributed by atoms with E-state index in [1.54, 1.807) is 4.68 Å². The summed E-state index contributed by atoms with van der Waals surface area (Å²) >= 11 is 0. The van der Waals surface area contributed by atoms with Crippen molar-refractivity contribution in [3.8, 4) is 11.5 Å². The number of nitrogens with zero attached hydrogens (tertiary/aromatic N) is 4. The lowest BCUT2D eigenvalue weighted by Crippen LogP contribution is -2.25. The Balaban J connectivity index is 2.20. The summed E-state index contributed by atoms with van der Waals surface area (Å²) in [6.45, 7) is 3.80. The Kier molecular flexibility index (Phi) is 5.16. The van der Waals surface area contributed by atoms with Gasteiger partial charge in [0.15, 0.2) is 17.3 Å². The quantitative estimate of drug-likeness (QED) is 0.791. The standard InChI is InChI=1S/C13H19N5O4S/c1-9(2)18-13(15-16-17-18)8-14-23(19,20)10-5-6-11(21-3)12(7-10)22-4/h5-7,9,14H,8H2,1-4H3. The summed E-state index contributed by atoms with van der Waals surface area (Å²) in [7, 11) is -0.806. The van der Waals surface area contributed by atoms with Gasteiger partial charge < -0.3 is 9.47 Å². The van der Waals surface area contributed by atoms with Crippen molar-refractivity contribution in [2.75, 3.05) is 14.2 Å². The molecule has 1 aromatic heterocycles. The van der Waals surface area contributed by atoms with E-state index in [4.69, 9.17) is 9.47 Å². The van der Waals surface area contributed by atoms with Crippen LogP contribution < -0.4 is 14.2 Å². The molecule has 0 bridgehead atoms. The smallest absolute Gasteiger partial charge is 0.241 e. The largest absolute Gasteiger partial charge is 0.493 e. The highest BCUT2D eigenvalue weighted by Gasteiger charge is 2.19. The predicted molar refractivity (Wildman–Crippen MR) is 81.8 cm³/mol. The molecule has 23 heavy (non-hydrogen) atoms. The topological polar surface area (TPSA) is 108 Å². The van der Waals surface area contributed by atoms with Crippen LogP contribution in [0.4, 0.5) is 0 Å². The first-order valence-electron chi connectivity index (χ1n) is 6.87. The Labute approximate surface area is 134 Å². The number of tetrazole rings is 1. The minimum atomic E-state index is -3.73. The number of sulfonamides is 1. The van der Waals surface area contributed by atoms with Gasteiger partial charge in [-0.25, -0.2) is 17.8 Å². The Bertz CT molecular complexity index is 772. The molecule has 2 rings (SSSR count). The SMILES string of the molecule is COc1ccc(S(=O)(=O)NCc2nnnn2C(C)C)cc1OC. The van der Waals surface area contributed by atoms with Crippen LogP contribution in [-0.2, 0) is 16.6 Å². The molecule has 1 heterocycles. The number of benzene rings is 1. The van der Waals surface area contributed by atoms with Gasteiger partial charge in [0, 0.05) is 6.07 Å². The second-order valence-corrected chi connectivity index (χ2v) is 6.74. The van der Waals surface area contributed by atoms with E-state index in [1.165, 1.54) is 32.4 Å². The molecule has 0 amide bonds. The molecule has 2 aromatic rings. The van der Waals surface area contributed by atoms with Crippen molar-refractivity contribution in [3.63, 3.8) is 0 Å². The highest BCUT2D eigenvalue weighted by molar-refractivity contribution is 7.89. The van der Waals surface area contributed by atoms with E-state index < -0.39 is 10.0 Å². The maximum Gasteiger partial charge on any atom is 0.241 e. The number of rotatable bonds is 7. The van der Waals surface area contributed by atoms with Gasteiger partial charge in [-0.15, -0.1) is 5.10 Å². The van der Waals surface area contributed by atoms with Gasteiger partial charge in [0.25, 0.3) is 0 Å². The monoisotopic (exact) mass is 341 g/mol. The summed E-state index contributed by atoms with van der Waals surface area (Å²) in [5.41, 5.74) is 0. The van der Waals surface area contributed by atoms with Crippen molar-refractivity contribution < 1.29 is 17.9 Å². The Morgan fingerprint density at radius 3 is 2.52 bits per heavy atom. The van der Waals surface area contributed by atoms with E-state index in [0.717, 1.165) is 0 Å². The summed E-state index contributed by atoms with van der Waals surface area (Å²) in [4.78, 5) is 0.0683. The number of ether oxygens (including phenoxy) is 2. The molecule has 9 nitrogen and oxygen atoms in total. The number of hydrogen-bond acceptors (Lipinski definition) is 7. The number of methoxy groups -OCH3 is 2. The fourth-order valence-electron chi connectivity index (χ4n) is 1.96. The van der Waals surface area contributed by atoms with Gasteiger partial charge >= 0.3 is 0 Å². The Hall–Kier alpha value is -2.20. The van der Waals surface area contributed by atoms with E-state index in [0.29, 0.717) is 17.3 Å². The van der Waals surface area contributed by atoms with Crippen LogP contribution in [0.1, 0.15) is 25.7 Å². The molecule has 10 heteroatoms. The molecule has 0 aliphatic carbocycles. The molecule has 126 valence electrons. The first-order valence-corrected chi connectivity index (χ1v) is 8.35. The number of nitrogens with one attached hydrogen (secondary N) is 1. The third kappa shape index (κ3) is 3.77. The van der Waals surface area contributed by atoms with Crippen LogP contribution in [-0.4, -0.2) is 42.8 Å². The van der Waals surface area contributed by atoms with Crippen LogP contribution in [0.2, 0.25) is 0 Å². The first kappa shape index (κ1) is 17.2. The van der Waals surface area contributed by atoms with Crippen molar-refractivity contribution in [3.05, 3.63) is 24.0 Å². The van der Waals surface area contributed by atoms with E-state index in [-0.39, 0.29) is 17.5 Å². The lowest BCUT2D eigenvalue weighted by molar-refractivity contribution is 0.354. The zero-order valence-electron chi connectivity index (χ0n) is 13.3. The molecule has 0 spiro atoms. The van der Waals surface area contributed by atoms with E-state index in [2.05, 4.69) is 20.2 Å². The zero-order chi connectivity index (χ0) is 17.0. The van der Waals surface area contributed by atoms with E-state index in [9.17, 15) is 8.42 Å².